The molecule has 222 valence electrons. The zero-order valence-electron chi connectivity index (χ0n) is 22.8. The van der Waals surface area contributed by atoms with E-state index in [0.717, 1.165) is 18.7 Å². The lowest BCUT2D eigenvalue weighted by atomic mass is 10.0. The van der Waals surface area contributed by atoms with Crippen molar-refractivity contribution in [2.75, 3.05) is 19.3 Å². The van der Waals surface area contributed by atoms with E-state index >= 15 is 0 Å². The number of nitrogen functional groups attached to an aromatic ring is 1. The largest absolute Gasteiger partial charge is 0.423 e. The first-order valence-corrected chi connectivity index (χ1v) is 12.3. The average molecular weight is 583 g/mol. The third-order valence-corrected chi connectivity index (χ3v) is 5.66. The van der Waals surface area contributed by atoms with Gasteiger partial charge in [-0.15, -0.1) is 0 Å². The van der Waals surface area contributed by atoms with Gasteiger partial charge in [-0.25, -0.2) is 23.8 Å². The van der Waals surface area contributed by atoms with Gasteiger partial charge in [0, 0.05) is 37.1 Å². The van der Waals surface area contributed by atoms with Gasteiger partial charge in [-0.1, -0.05) is 13.3 Å². The summed E-state index contributed by atoms with van der Waals surface area (Å²) < 4.78 is 64.2. The van der Waals surface area contributed by atoms with Crippen LogP contribution in [0.3, 0.4) is 0 Å². The lowest BCUT2D eigenvalue weighted by molar-refractivity contribution is -0.138. The predicted molar refractivity (Wildman–Crippen MR) is 144 cm³/mol. The highest BCUT2D eigenvalue weighted by atomic mass is 19.4. The Morgan fingerprint density at radius 3 is 2.27 bits per heavy atom. The second-order valence-electron chi connectivity index (χ2n) is 9.60. The lowest BCUT2D eigenvalue weighted by Crippen LogP contribution is -2.24. The van der Waals surface area contributed by atoms with E-state index in [-0.39, 0.29) is 23.5 Å². The summed E-state index contributed by atoms with van der Waals surface area (Å²) in [4.78, 5) is 31.9. The highest BCUT2D eigenvalue weighted by molar-refractivity contribution is 5.84. The Kier molecular flexibility index (Phi) is 11.2. The van der Waals surface area contributed by atoms with Gasteiger partial charge < -0.3 is 15.7 Å². The molecule has 4 N–H and O–H groups in total. The van der Waals surface area contributed by atoms with E-state index in [1.54, 1.807) is 43.2 Å². The fourth-order valence-electron chi connectivity index (χ4n) is 3.50. The Bertz CT molecular complexity index is 1400. The van der Waals surface area contributed by atoms with E-state index in [1.807, 2.05) is 6.92 Å². The van der Waals surface area contributed by atoms with Crippen LogP contribution in [0.4, 0.5) is 27.6 Å². The molecule has 3 rings (SSSR count). The van der Waals surface area contributed by atoms with Crippen LogP contribution in [-0.2, 0) is 11.8 Å². The van der Waals surface area contributed by atoms with Crippen LogP contribution < -0.4 is 11.3 Å². The number of aromatic nitrogens is 4. The quantitative estimate of drug-likeness (QED) is 0.243. The number of halogens is 5. The van der Waals surface area contributed by atoms with E-state index in [4.69, 9.17) is 5.73 Å². The first-order valence-electron chi connectivity index (χ1n) is 12.3. The molecule has 2 aromatic heterocycles. The number of rotatable bonds is 9. The molecule has 0 saturated heterocycles. The summed E-state index contributed by atoms with van der Waals surface area (Å²) in [6.45, 7) is 5.37. The maximum absolute atomic E-state index is 14.5. The Morgan fingerprint density at radius 2 is 1.78 bits per heavy atom. The topological polar surface area (TPSA) is 138 Å². The van der Waals surface area contributed by atoms with Crippen LogP contribution in [-0.4, -0.2) is 56.2 Å². The number of aromatic amines is 1. The Morgan fingerprint density at radius 1 is 1.15 bits per heavy atom. The van der Waals surface area contributed by atoms with Crippen molar-refractivity contribution in [3.05, 3.63) is 75.3 Å². The number of anilines is 1. The number of hydrogen-bond acceptors (Lipinski definition) is 8. The van der Waals surface area contributed by atoms with Crippen molar-refractivity contribution in [2.24, 2.45) is 0 Å². The molecule has 0 aliphatic rings. The van der Waals surface area contributed by atoms with E-state index in [0.29, 0.717) is 23.8 Å². The number of nitrogens with zero attached hydrogens (tertiary/aromatic N) is 4. The summed E-state index contributed by atoms with van der Waals surface area (Å²) in [6.07, 6.45) is 3.05. The van der Waals surface area contributed by atoms with Crippen molar-refractivity contribution < 1.29 is 31.9 Å². The van der Waals surface area contributed by atoms with Crippen molar-refractivity contribution in [1.82, 2.24) is 25.1 Å². The second-order valence-corrected chi connectivity index (χ2v) is 9.60. The molecular weight excluding hydrogens is 551 g/mol. The summed E-state index contributed by atoms with van der Waals surface area (Å²) in [6, 6.07) is 2.62. The molecule has 0 amide bonds. The van der Waals surface area contributed by atoms with Crippen LogP contribution in [0.15, 0.2) is 41.7 Å². The van der Waals surface area contributed by atoms with E-state index in [1.165, 1.54) is 18.5 Å². The number of aldehydes is 1. The second kappa shape index (κ2) is 13.9. The number of aliphatic hydroxyl groups is 1. The molecule has 9 nitrogen and oxygen atoms in total. The first kappa shape index (κ1) is 33.0. The lowest BCUT2D eigenvalue weighted by Gasteiger charge is -2.17. The zero-order valence-corrected chi connectivity index (χ0v) is 22.8. The standard InChI is InChI=1S/C22H27F2N3O2.C5H4F3N3O/c1-5-6-18(23)13-27(4)8-7-15-9-19(20(24)10-16(15)14-28)21-25-11-17(12-26-21)22(2,3)29;6-5(7,8)3-2(9)1-10-11-4(3)12/h7-12,14,18,29H,5-6,13H2,1-4H3;1H,(H3,9,11,12)/b8-7-;. The van der Waals surface area contributed by atoms with Gasteiger partial charge in [-0.2, -0.15) is 18.3 Å². The van der Waals surface area contributed by atoms with Crippen molar-refractivity contribution >= 4 is 18.0 Å². The number of carbonyl (C=O) groups excluding carboxylic acids is 1. The normalized spacial score (nSPS) is 12.5. The minimum Gasteiger partial charge on any atom is -0.397 e. The molecule has 41 heavy (non-hydrogen) atoms. The minimum absolute atomic E-state index is 0.134. The van der Waals surface area contributed by atoms with Gasteiger partial charge in [0.05, 0.1) is 23.0 Å². The summed E-state index contributed by atoms with van der Waals surface area (Å²) in [7, 11) is 1.74. The molecular formula is C27H31F5N6O3. The summed E-state index contributed by atoms with van der Waals surface area (Å²) in [5.41, 5.74) is 1.67. The molecule has 0 bridgehead atoms. The van der Waals surface area contributed by atoms with E-state index in [9.17, 15) is 36.6 Å². The number of H-pyrrole nitrogens is 1. The molecule has 0 aliphatic carbocycles. The molecule has 2 heterocycles. The molecule has 3 aromatic rings. The average Bonchev–Trinajstić information content (AvgIpc) is 2.87. The predicted octanol–water partition coefficient (Wildman–Crippen LogP) is 4.73. The summed E-state index contributed by atoms with van der Waals surface area (Å²) in [5.74, 6) is -0.483. The summed E-state index contributed by atoms with van der Waals surface area (Å²) in [5, 5.41) is 14.7. The number of carbonyl (C=O) groups is 1. The number of benzene rings is 1. The van der Waals surface area contributed by atoms with Crippen LogP contribution in [0.5, 0.6) is 0 Å². The number of nitrogens with two attached hydrogens (primary N) is 1. The van der Waals surface area contributed by atoms with Crippen molar-refractivity contribution in [2.45, 2.75) is 51.6 Å². The Labute approximate surface area is 232 Å². The molecule has 0 spiro atoms. The Hall–Kier alpha value is -4.20. The molecule has 14 heteroatoms. The Balaban J connectivity index is 0.000000408. The zero-order chi connectivity index (χ0) is 31.0. The molecule has 1 unspecified atom stereocenters. The molecule has 0 saturated carbocycles. The van der Waals surface area contributed by atoms with E-state index in [2.05, 4.69) is 15.1 Å². The SMILES string of the molecule is CCCC(F)CN(C)/C=C\c1cc(-c2ncc(C(C)(C)O)cn2)c(F)cc1C=O.Nc1cn[nH]c(=O)c1C(F)(F)F. The smallest absolute Gasteiger partial charge is 0.397 e. The maximum Gasteiger partial charge on any atom is 0.423 e. The summed E-state index contributed by atoms with van der Waals surface area (Å²) >= 11 is 0. The molecule has 1 atom stereocenters. The number of nitrogens with one attached hydrogen (secondary N) is 1. The van der Waals surface area contributed by atoms with Crippen molar-refractivity contribution in [3.63, 3.8) is 0 Å². The van der Waals surface area contributed by atoms with Gasteiger partial charge in [0.25, 0.3) is 5.56 Å². The monoisotopic (exact) mass is 582 g/mol. The number of alkyl halides is 4. The molecule has 0 fully saturated rings. The third-order valence-electron chi connectivity index (χ3n) is 5.66. The fourth-order valence-corrected chi connectivity index (χ4v) is 3.50. The highest BCUT2D eigenvalue weighted by Crippen LogP contribution is 2.29. The van der Waals surface area contributed by atoms with Crippen LogP contribution in [0.2, 0.25) is 0 Å². The van der Waals surface area contributed by atoms with Crippen LogP contribution in [0, 0.1) is 5.82 Å². The van der Waals surface area contributed by atoms with E-state index < -0.39 is 40.6 Å². The fraction of sp³-hybridized carbons (Fsp3) is 0.370. The van der Waals surface area contributed by atoms with Gasteiger partial charge in [0.1, 0.15) is 17.6 Å². The van der Waals surface area contributed by atoms with Gasteiger partial charge in [-0.05, 0) is 50.2 Å². The molecule has 0 radical (unpaired) electrons. The van der Waals surface area contributed by atoms with Crippen molar-refractivity contribution in [3.8, 4) is 11.4 Å². The molecule has 0 aliphatic heterocycles. The van der Waals surface area contributed by atoms with Crippen molar-refractivity contribution in [1.29, 1.82) is 0 Å². The van der Waals surface area contributed by atoms with Crippen LogP contribution in [0.1, 0.15) is 60.7 Å². The number of hydrogen-bond donors (Lipinski definition) is 3. The van der Waals surface area contributed by atoms with Crippen LogP contribution in [0.25, 0.3) is 17.5 Å². The van der Waals surface area contributed by atoms with Gasteiger partial charge in [-0.3, -0.25) is 9.59 Å². The van der Waals surface area contributed by atoms with Gasteiger partial charge >= 0.3 is 6.18 Å². The van der Waals surface area contributed by atoms with Gasteiger partial charge in [0.15, 0.2) is 12.1 Å². The van der Waals surface area contributed by atoms with Gasteiger partial charge in [0.2, 0.25) is 0 Å². The first-order chi connectivity index (χ1) is 19.1. The minimum atomic E-state index is -4.74. The molecule has 1 aromatic carbocycles. The maximum atomic E-state index is 14.5. The highest BCUT2D eigenvalue weighted by Gasteiger charge is 2.36. The third kappa shape index (κ3) is 9.45. The van der Waals surface area contributed by atoms with Crippen LogP contribution >= 0.6 is 0 Å².